The van der Waals surface area contributed by atoms with Crippen molar-refractivity contribution in [3.05, 3.63) is 35.9 Å². The zero-order valence-corrected chi connectivity index (χ0v) is 8.70. The normalized spacial score (nSPS) is 20.1. The Kier molecular flexibility index (Phi) is 3.35. The summed E-state index contributed by atoms with van der Waals surface area (Å²) in [5.74, 6) is 0.0179. The van der Waals surface area contributed by atoms with E-state index >= 15 is 0 Å². The van der Waals surface area contributed by atoms with Crippen LogP contribution in [0.5, 0.6) is 0 Å². The molecule has 1 aliphatic heterocycles. The molecule has 80 valence electrons. The topological polar surface area (TPSA) is 41.1 Å². The lowest BCUT2D eigenvalue weighted by Gasteiger charge is -2.11. The van der Waals surface area contributed by atoms with Gasteiger partial charge in [0.05, 0.1) is 0 Å². The Labute approximate surface area is 89.9 Å². The van der Waals surface area contributed by atoms with Gasteiger partial charge in [0, 0.05) is 18.2 Å². The molecule has 1 aromatic carbocycles. The summed E-state index contributed by atoms with van der Waals surface area (Å²) >= 11 is 0. The number of nitrogens with one attached hydrogen (secondary N) is 2. The fourth-order valence-electron chi connectivity index (χ4n) is 1.84. The molecule has 0 saturated carbocycles. The van der Waals surface area contributed by atoms with Crippen LogP contribution in [0.3, 0.4) is 0 Å². The summed E-state index contributed by atoms with van der Waals surface area (Å²) in [6.45, 7) is 1.81. The van der Waals surface area contributed by atoms with Crippen LogP contribution in [0.25, 0.3) is 0 Å². The first-order chi connectivity index (χ1) is 7.36. The van der Waals surface area contributed by atoms with Gasteiger partial charge < -0.3 is 10.6 Å². The monoisotopic (exact) mass is 204 g/mol. The molecule has 1 fully saturated rings. The van der Waals surface area contributed by atoms with Gasteiger partial charge in [0.25, 0.3) is 5.91 Å². The predicted molar refractivity (Wildman–Crippen MR) is 59.8 cm³/mol. The summed E-state index contributed by atoms with van der Waals surface area (Å²) < 4.78 is 0. The Balaban J connectivity index is 1.82. The number of benzene rings is 1. The van der Waals surface area contributed by atoms with Crippen LogP contribution in [0.4, 0.5) is 0 Å². The molecule has 0 aromatic heterocycles. The van der Waals surface area contributed by atoms with E-state index in [1.54, 1.807) is 0 Å². The van der Waals surface area contributed by atoms with E-state index < -0.39 is 0 Å². The standard InChI is InChI=1S/C12H16N2O/c15-12(10-5-2-1-3-6-10)14-9-11-7-4-8-13-11/h1-3,5-6,11,13H,4,7-9H2,(H,14,15)/t11-/m1/s1. The van der Waals surface area contributed by atoms with Crippen molar-refractivity contribution in [1.82, 2.24) is 10.6 Å². The Morgan fingerprint density at radius 3 is 2.87 bits per heavy atom. The van der Waals surface area contributed by atoms with E-state index in [9.17, 15) is 4.79 Å². The van der Waals surface area contributed by atoms with E-state index in [-0.39, 0.29) is 5.91 Å². The summed E-state index contributed by atoms with van der Waals surface area (Å²) in [6, 6.07) is 9.79. The highest BCUT2D eigenvalue weighted by atomic mass is 16.1. The van der Waals surface area contributed by atoms with Gasteiger partial charge in [-0.15, -0.1) is 0 Å². The average Bonchev–Trinajstić information content (AvgIpc) is 2.80. The number of rotatable bonds is 3. The Bertz CT molecular complexity index is 318. The maximum atomic E-state index is 11.7. The molecule has 2 rings (SSSR count). The molecule has 3 heteroatoms. The van der Waals surface area contributed by atoms with Gasteiger partial charge in [-0.05, 0) is 31.5 Å². The largest absolute Gasteiger partial charge is 0.350 e. The molecule has 15 heavy (non-hydrogen) atoms. The first kappa shape index (κ1) is 10.2. The van der Waals surface area contributed by atoms with Gasteiger partial charge in [0.1, 0.15) is 0 Å². The number of carbonyl (C=O) groups excluding carboxylic acids is 1. The minimum atomic E-state index is 0.0179. The highest BCUT2D eigenvalue weighted by Gasteiger charge is 2.14. The van der Waals surface area contributed by atoms with Crippen molar-refractivity contribution in [2.45, 2.75) is 18.9 Å². The third-order valence-electron chi connectivity index (χ3n) is 2.71. The zero-order valence-electron chi connectivity index (χ0n) is 8.70. The van der Waals surface area contributed by atoms with E-state index in [1.807, 2.05) is 30.3 Å². The molecule has 1 heterocycles. The fourth-order valence-corrected chi connectivity index (χ4v) is 1.84. The maximum absolute atomic E-state index is 11.7. The van der Waals surface area contributed by atoms with Crippen LogP contribution in [0.1, 0.15) is 23.2 Å². The van der Waals surface area contributed by atoms with Gasteiger partial charge in [-0.3, -0.25) is 4.79 Å². The second-order valence-electron chi connectivity index (χ2n) is 3.87. The summed E-state index contributed by atoms with van der Waals surface area (Å²) in [5, 5.41) is 6.29. The van der Waals surface area contributed by atoms with Crippen LogP contribution in [0.15, 0.2) is 30.3 Å². The minimum Gasteiger partial charge on any atom is -0.350 e. The highest BCUT2D eigenvalue weighted by molar-refractivity contribution is 5.94. The molecule has 1 atom stereocenters. The summed E-state index contributed by atoms with van der Waals surface area (Å²) in [7, 11) is 0. The van der Waals surface area contributed by atoms with Crippen molar-refractivity contribution in [2.75, 3.05) is 13.1 Å². The predicted octanol–water partition coefficient (Wildman–Crippen LogP) is 1.17. The first-order valence-corrected chi connectivity index (χ1v) is 5.43. The lowest BCUT2D eigenvalue weighted by molar-refractivity contribution is 0.0950. The van der Waals surface area contributed by atoms with E-state index in [4.69, 9.17) is 0 Å². The third-order valence-corrected chi connectivity index (χ3v) is 2.71. The lowest BCUT2D eigenvalue weighted by Crippen LogP contribution is -2.37. The maximum Gasteiger partial charge on any atom is 0.251 e. The van der Waals surface area contributed by atoms with Gasteiger partial charge in [0.2, 0.25) is 0 Å². The molecule has 0 unspecified atom stereocenters. The van der Waals surface area contributed by atoms with Crippen LogP contribution in [-0.2, 0) is 0 Å². The smallest absolute Gasteiger partial charge is 0.251 e. The van der Waals surface area contributed by atoms with Crippen molar-refractivity contribution in [3.63, 3.8) is 0 Å². The van der Waals surface area contributed by atoms with Gasteiger partial charge in [0.15, 0.2) is 0 Å². The number of hydrogen-bond acceptors (Lipinski definition) is 2. The number of carbonyl (C=O) groups is 1. The molecule has 0 radical (unpaired) electrons. The number of amides is 1. The molecule has 2 N–H and O–H groups in total. The average molecular weight is 204 g/mol. The summed E-state index contributed by atoms with van der Waals surface area (Å²) in [4.78, 5) is 11.7. The molecular formula is C12H16N2O. The van der Waals surface area contributed by atoms with Crippen molar-refractivity contribution in [2.24, 2.45) is 0 Å². The van der Waals surface area contributed by atoms with Crippen molar-refractivity contribution in [3.8, 4) is 0 Å². The van der Waals surface area contributed by atoms with E-state index in [0.717, 1.165) is 25.1 Å². The minimum absolute atomic E-state index is 0.0179. The van der Waals surface area contributed by atoms with Gasteiger partial charge in [-0.1, -0.05) is 18.2 Å². The molecule has 1 saturated heterocycles. The second-order valence-corrected chi connectivity index (χ2v) is 3.87. The van der Waals surface area contributed by atoms with Gasteiger partial charge >= 0.3 is 0 Å². The zero-order chi connectivity index (χ0) is 10.5. The Morgan fingerprint density at radius 2 is 2.20 bits per heavy atom. The highest BCUT2D eigenvalue weighted by Crippen LogP contribution is 2.04. The lowest BCUT2D eigenvalue weighted by atomic mass is 10.2. The van der Waals surface area contributed by atoms with Crippen molar-refractivity contribution in [1.29, 1.82) is 0 Å². The first-order valence-electron chi connectivity index (χ1n) is 5.43. The van der Waals surface area contributed by atoms with Crippen LogP contribution in [0, 0.1) is 0 Å². The van der Waals surface area contributed by atoms with Gasteiger partial charge in [-0.2, -0.15) is 0 Å². The van der Waals surface area contributed by atoms with Crippen LogP contribution >= 0.6 is 0 Å². The van der Waals surface area contributed by atoms with Crippen LogP contribution in [0.2, 0.25) is 0 Å². The summed E-state index contributed by atoms with van der Waals surface area (Å²) in [5.41, 5.74) is 0.732. The molecular weight excluding hydrogens is 188 g/mol. The molecule has 1 aliphatic rings. The van der Waals surface area contributed by atoms with Crippen molar-refractivity contribution < 1.29 is 4.79 Å². The van der Waals surface area contributed by atoms with Crippen LogP contribution in [-0.4, -0.2) is 25.0 Å². The molecule has 0 spiro atoms. The van der Waals surface area contributed by atoms with E-state index in [2.05, 4.69) is 10.6 Å². The van der Waals surface area contributed by atoms with E-state index in [1.165, 1.54) is 6.42 Å². The fraction of sp³-hybridized carbons (Fsp3) is 0.417. The Hall–Kier alpha value is -1.35. The quantitative estimate of drug-likeness (QED) is 0.776. The van der Waals surface area contributed by atoms with Gasteiger partial charge in [-0.25, -0.2) is 0 Å². The Morgan fingerprint density at radius 1 is 1.40 bits per heavy atom. The van der Waals surface area contributed by atoms with Crippen molar-refractivity contribution >= 4 is 5.91 Å². The summed E-state index contributed by atoms with van der Waals surface area (Å²) in [6.07, 6.45) is 2.38. The molecule has 1 amide bonds. The molecule has 3 nitrogen and oxygen atoms in total. The molecule has 1 aromatic rings. The van der Waals surface area contributed by atoms with Crippen LogP contribution < -0.4 is 10.6 Å². The molecule has 0 bridgehead atoms. The second kappa shape index (κ2) is 4.94. The number of hydrogen-bond donors (Lipinski definition) is 2. The molecule has 0 aliphatic carbocycles. The third kappa shape index (κ3) is 2.80. The van der Waals surface area contributed by atoms with E-state index in [0.29, 0.717) is 6.04 Å². The SMILES string of the molecule is O=C(NC[C@H]1CCCN1)c1ccccc1.